The van der Waals surface area contributed by atoms with Gasteiger partial charge in [0, 0.05) is 0 Å². The Balaban J connectivity index is 1.91. The summed E-state index contributed by atoms with van der Waals surface area (Å²) >= 11 is -1.67. The van der Waals surface area contributed by atoms with E-state index in [2.05, 4.69) is 48.5 Å². The molecule has 0 aliphatic rings. The molecule has 0 aliphatic heterocycles. The predicted octanol–water partition coefficient (Wildman–Crippen LogP) is 6.70. The molecule has 0 spiro atoms. The van der Waals surface area contributed by atoms with Crippen molar-refractivity contribution in [2.75, 3.05) is 0 Å². The minimum atomic E-state index is -1.67. The van der Waals surface area contributed by atoms with E-state index in [9.17, 15) is 9.18 Å². The Bertz CT molecular complexity index is 983. The van der Waals surface area contributed by atoms with Crippen LogP contribution in [0.1, 0.15) is 48.6 Å². The van der Waals surface area contributed by atoms with Gasteiger partial charge in [0.25, 0.3) is 0 Å². The van der Waals surface area contributed by atoms with Crippen LogP contribution in [0.5, 0.6) is 0 Å². The Labute approximate surface area is 196 Å². The van der Waals surface area contributed by atoms with Crippen LogP contribution in [-0.2, 0) is 21.2 Å². The molecule has 4 heteroatoms. The first-order valence-corrected chi connectivity index (χ1v) is 14.8. The van der Waals surface area contributed by atoms with Gasteiger partial charge in [0.05, 0.1) is 0 Å². The molecule has 0 aromatic heterocycles. The molecule has 0 N–H and O–H groups in total. The van der Waals surface area contributed by atoms with Gasteiger partial charge in [-0.05, 0) is 0 Å². The summed E-state index contributed by atoms with van der Waals surface area (Å²) in [5.74, 6) is -0.465. The molecule has 0 bridgehead atoms. The fraction of sp³-hybridized carbons (Fsp3) is 0.321. The first kappa shape index (κ1) is 24.3. The third-order valence-corrected chi connectivity index (χ3v) is 11.4. The van der Waals surface area contributed by atoms with Gasteiger partial charge in [-0.2, -0.15) is 0 Å². The molecule has 0 radical (unpaired) electrons. The Morgan fingerprint density at radius 3 is 2.12 bits per heavy atom. The van der Waals surface area contributed by atoms with Crippen LogP contribution in [0.2, 0.25) is 5.21 Å². The van der Waals surface area contributed by atoms with Crippen molar-refractivity contribution in [2.24, 2.45) is 0 Å². The van der Waals surface area contributed by atoms with Crippen molar-refractivity contribution in [1.29, 1.82) is 0 Å². The van der Waals surface area contributed by atoms with Crippen molar-refractivity contribution in [3.8, 4) is 0 Å². The number of carbonyl (C=O) groups is 1. The van der Waals surface area contributed by atoms with Crippen molar-refractivity contribution in [3.05, 3.63) is 107 Å². The number of rotatable bonds is 9. The van der Waals surface area contributed by atoms with Gasteiger partial charge in [-0.25, -0.2) is 0 Å². The number of hydrogen-bond acceptors (Lipinski definition) is 2. The van der Waals surface area contributed by atoms with Crippen LogP contribution in [0.25, 0.3) is 0 Å². The molecule has 3 aromatic carbocycles. The molecule has 32 heavy (non-hydrogen) atoms. The molecule has 168 valence electrons. The maximum absolute atomic E-state index is 14.2. The first-order chi connectivity index (χ1) is 15.3. The maximum atomic E-state index is 14.2. The van der Waals surface area contributed by atoms with Crippen LogP contribution in [0.3, 0.4) is 0 Å². The van der Waals surface area contributed by atoms with E-state index in [1.54, 1.807) is 12.1 Å². The van der Waals surface area contributed by atoms with E-state index in [-0.39, 0.29) is 16.5 Å². The summed E-state index contributed by atoms with van der Waals surface area (Å²) in [4.78, 5) is 12.9. The van der Waals surface area contributed by atoms with E-state index in [0.29, 0.717) is 6.42 Å². The third kappa shape index (κ3) is 7.95. The minimum absolute atomic E-state index is 0.0111. The molecule has 3 rings (SSSR count). The number of aryl methyl sites for hydroxylation is 1. The molecule has 1 unspecified atom stereocenters. The van der Waals surface area contributed by atoms with Gasteiger partial charge in [0.1, 0.15) is 0 Å². The molecular formula is C28H32AsFO2. The number of esters is 1. The molecule has 0 saturated heterocycles. The number of halogens is 1. The average Bonchev–Trinajstić information content (AvgIpc) is 2.75. The van der Waals surface area contributed by atoms with Crippen molar-refractivity contribution in [3.63, 3.8) is 0 Å². The summed E-state index contributed by atoms with van der Waals surface area (Å²) in [6.45, 7) is 5.66. The van der Waals surface area contributed by atoms with Crippen LogP contribution in [0.15, 0.2) is 84.9 Å². The molecule has 2 atom stereocenters. The third-order valence-electron chi connectivity index (χ3n) is 5.21. The van der Waals surface area contributed by atoms with Gasteiger partial charge >= 0.3 is 196 Å². The van der Waals surface area contributed by atoms with Gasteiger partial charge in [0.2, 0.25) is 0 Å². The zero-order chi connectivity index (χ0) is 23.0. The first-order valence-electron chi connectivity index (χ1n) is 11.1. The van der Waals surface area contributed by atoms with Crippen molar-refractivity contribution >= 4 is 20.6 Å². The van der Waals surface area contributed by atoms with E-state index in [0.717, 1.165) is 22.4 Å². The Morgan fingerprint density at radius 1 is 0.906 bits per heavy atom. The summed E-state index contributed by atoms with van der Waals surface area (Å²) < 4.78 is 19.9. The molecule has 0 fully saturated rings. The van der Waals surface area contributed by atoms with Crippen LogP contribution >= 0.6 is 0 Å². The zero-order valence-electron chi connectivity index (χ0n) is 19.1. The van der Waals surface area contributed by atoms with E-state index in [1.807, 2.05) is 39.0 Å². The monoisotopic (exact) mass is 494 g/mol. The SMILES string of the molecule is CC(C)(C)OC(=O)C[C@H](c1cccc(F)c1)[As](CCc1ccccc1)Cc1ccccc1. The molecule has 2 nitrogen and oxygen atoms in total. The number of carbonyl (C=O) groups excluding carboxylic acids is 1. The summed E-state index contributed by atoms with van der Waals surface area (Å²) in [5.41, 5.74) is 2.96. The summed E-state index contributed by atoms with van der Waals surface area (Å²) in [5, 5.41) is 2.00. The molecule has 0 saturated carbocycles. The van der Waals surface area contributed by atoms with Gasteiger partial charge in [-0.15, -0.1) is 0 Å². The number of benzene rings is 3. The fourth-order valence-corrected chi connectivity index (χ4v) is 9.89. The number of ether oxygens (including phenoxy) is 1. The predicted molar refractivity (Wildman–Crippen MR) is 130 cm³/mol. The average molecular weight is 494 g/mol. The second kappa shape index (κ2) is 11.5. The summed E-state index contributed by atoms with van der Waals surface area (Å²) in [7, 11) is 0. The zero-order valence-corrected chi connectivity index (χ0v) is 21.0. The van der Waals surface area contributed by atoms with Gasteiger partial charge in [-0.1, -0.05) is 0 Å². The Morgan fingerprint density at radius 2 is 1.53 bits per heavy atom. The van der Waals surface area contributed by atoms with Crippen LogP contribution in [0, 0.1) is 5.82 Å². The molecule has 0 aliphatic carbocycles. The van der Waals surface area contributed by atoms with E-state index in [1.165, 1.54) is 17.2 Å². The van der Waals surface area contributed by atoms with E-state index in [4.69, 9.17) is 4.74 Å². The Hall–Kier alpha value is -2.38. The van der Waals surface area contributed by atoms with Gasteiger partial charge in [-0.3, -0.25) is 0 Å². The van der Waals surface area contributed by atoms with E-state index < -0.39 is 20.3 Å². The summed E-state index contributed by atoms with van der Waals surface area (Å²) in [6.07, 6.45) is 1.26. The molecule has 0 amide bonds. The topological polar surface area (TPSA) is 26.3 Å². The molecule has 3 aromatic rings. The fourth-order valence-electron chi connectivity index (χ4n) is 3.79. The second-order valence-electron chi connectivity index (χ2n) is 9.05. The van der Waals surface area contributed by atoms with Crippen LogP contribution in [0.4, 0.5) is 4.39 Å². The van der Waals surface area contributed by atoms with Crippen LogP contribution in [-0.4, -0.2) is 26.2 Å². The van der Waals surface area contributed by atoms with Crippen LogP contribution < -0.4 is 0 Å². The number of hydrogen-bond donors (Lipinski definition) is 0. The molecular weight excluding hydrogens is 462 g/mol. The van der Waals surface area contributed by atoms with Crippen molar-refractivity contribution < 1.29 is 13.9 Å². The van der Waals surface area contributed by atoms with Crippen molar-refractivity contribution in [2.45, 2.75) is 54.3 Å². The van der Waals surface area contributed by atoms with E-state index >= 15 is 0 Å². The summed E-state index contributed by atoms with van der Waals surface area (Å²) in [6, 6.07) is 27.7. The molecule has 0 heterocycles. The quantitative estimate of drug-likeness (QED) is 0.244. The van der Waals surface area contributed by atoms with Crippen molar-refractivity contribution in [1.82, 2.24) is 0 Å². The standard InChI is InChI=1S/C28H32AsFO2/c1-28(2,3)32-27(31)20-26(24-15-10-16-25(30)19-24)29(21-23-13-8-5-9-14-23)18-17-22-11-6-4-7-12-22/h4-16,19,26H,17-18,20-21H2,1-3H3/t26-,29?/m1/s1. The van der Waals surface area contributed by atoms with Gasteiger partial charge < -0.3 is 0 Å². The Kier molecular flexibility index (Phi) is 8.70. The van der Waals surface area contributed by atoms with Gasteiger partial charge in [0.15, 0.2) is 0 Å². The second-order valence-corrected chi connectivity index (χ2v) is 14.4. The normalized spacial score (nSPS) is 13.4.